The summed E-state index contributed by atoms with van der Waals surface area (Å²) in [5.74, 6) is 1.89. The molecule has 0 bridgehead atoms. The third-order valence-corrected chi connectivity index (χ3v) is 2.87. The molecule has 2 N–H and O–H groups in total. The molecule has 1 aromatic carbocycles. The zero-order valence-corrected chi connectivity index (χ0v) is 10.6. The number of amides is 2. The first kappa shape index (κ1) is 12.3. The lowest BCUT2D eigenvalue weighted by Gasteiger charge is -2.18. The van der Waals surface area contributed by atoms with Crippen LogP contribution in [0.2, 0.25) is 0 Å². The Bertz CT molecular complexity index is 436. The molecule has 98 valence electrons. The molecule has 0 saturated carbocycles. The minimum atomic E-state index is -0.195. The first-order chi connectivity index (χ1) is 8.69. The van der Waals surface area contributed by atoms with Gasteiger partial charge in [0.05, 0.1) is 32.9 Å². The number of carbonyl (C=O) groups excluding carboxylic acids is 1. The summed E-state index contributed by atoms with van der Waals surface area (Å²) < 4.78 is 15.9. The Balaban J connectivity index is 2.46. The highest BCUT2D eigenvalue weighted by Gasteiger charge is 2.28. The Morgan fingerprint density at radius 1 is 1.11 bits per heavy atom. The number of carbonyl (C=O) groups is 1. The van der Waals surface area contributed by atoms with Gasteiger partial charge in [-0.1, -0.05) is 0 Å². The maximum Gasteiger partial charge on any atom is 0.315 e. The summed E-state index contributed by atoms with van der Waals surface area (Å²) in [6.07, 6.45) is 0. The Labute approximate surface area is 105 Å². The van der Waals surface area contributed by atoms with Crippen LogP contribution in [0.3, 0.4) is 0 Å². The second kappa shape index (κ2) is 5.03. The lowest BCUT2D eigenvalue weighted by Crippen LogP contribution is -2.22. The normalized spacial score (nSPS) is 17.9. The van der Waals surface area contributed by atoms with E-state index in [1.54, 1.807) is 33.5 Å². The van der Waals surface area contributed by atoms with Crippen LogP contribution in [-0.2, 0) is 0 Å². The highest BCUT2D eigenvalue weighted by molar-refractivity contribution is 5.77. The van der Waals surface area contributed by atoms with Crippen LogP contribution in [0, 0.1) is 0 Å². The van der Waals surface area contributed by atoms with Crippen molar-refractivity contribution >= 4 is 6.03 Å². The Morgan fingerprint density at radius 2 is 1.72 bits per heavy atom. The van der Waals surface area contributed by atoms with E-state index in [1.165, 1.54) is 0 Å². The van der Waals surface area contributed by atoms with Crippen LogP contribution in [0.4, 0.5) is 4.79 Å². The zero-order chi connectivity index (χ0) is 13.1. The maximum atomic E-state index is 11.2. The molecule has 1 aliphatic heterocycles. The van der Waals surface area contributed by atoms with Gasteiger partial charge in [-0.3, -0.25) is 0 Å². The number of ether oxygens (including phenoxy) is 3. The fourth-order valence-corrected chi connectivity index (χ4v) is 2.01. The lowest BCUT2D eigenvalue weighted by molar-refractivity contribution is 0.247. The van der Waals surface area contributed by atoms with E-state index in [1.807, 2.05) is 0 Å². The van der Waals surface area contributed by atoms with Gasteiger partial charge in [0.2, 0.25) is 0 Å². The van der Waals surface area contributed by atoms with E-state index in [4.69, 9.17) is 14.2 Å². The molecule has 1 heterocycles. The van der Waals surface area contributed by atoms with Crippen LogP contribution >= 0.6 is 0 Å². The lowest BCUT2D eigenvalue weighted by atomic mass is 10.0. The van der Waals surface area contributed by atoms with Gasteiger partial charge in [-0.05, 0) is 0 Å². The third-order valence-electron chi connectivity index (χ3n) is 2.87. The number of rotatable bonds is 4. The number of urea groups is 1. The van der Waals surface area contributed by atoms with E-state index in [0.29, 0.717) is 23.8 Å². The molecule has 1 atom stereocenters. The molecule has 6 nitrogen and oxygen atoms in total. The van der Waals surface area contributed by atoms with Crippen molar-refractivity contribution in [3.05, 3.63) is 17.7 Å². The second-order valence-electron chi connectivity index (χ2n) is 3.85. The zero-order valence-electron chi connectivity index (χ0n) is 10.6. The minimum Gasteiger partial charge on any atom is -0.496 e. The van der Waals surface area contributed by atoms with E-state index in [2.05, 4.69) is 10.6 Å². The van der Waals surface area contributed by atoms with Gasteiger partial charge in [-0.25, -0.2) is 4.79 Å². The summed E-state index contributed by atoms with van der Waals surface area (Å²) >= 11 is 0. The summed E-state index contributed by atoms with van der Waals surface area (Å²) in [6, 6.07) is 3.17. The van der Waals surface area contributed by atoms with Gasteiger partial charge in [0, 0.05) is 18.7 Å². The molecule has 2 rings (SSSR count). The summed E-state index contributed by atoms with van der Waals surface area (Å²) in [5, 5.41) is 5.51. The topological polar surface area (TPSA) is 68.8 Å². The van der Waals surface area contributed by atoms with Gasteiger partial charge in [-0.2, -0.15) is 0 Å². The summed E-state index contributed by atoms with van der Waals surface area (Å²) in [4.78, 5) is 11.2. The molecule has 0 aliphatic carbocycles. The van der Waals surface area contributed by atoms with Crippen molar-refractivity contribution in [3.63, 3.8) is 0 Å². The molecule has 0 unspecified atom stereocenters. The highest BCUT2D eigenvalue weighted by Crippen LogP contribution is 2.38. The number of benzene rings is 1. The SMILES string of the molecule is COc1cc(OC)c([C@H]2CNC(=O)N2)c(OC)c1. The molecule has 1 aromatic rings. The van der Waals surface area contributed by atoms with Crippen molar-refractivity contribution in [2.75, 3.05) is 27.9 Å². The van der Waals surface area contributed by atoms with Gasteiger partial charge in [0.15, 0.2) is 0 Å². The van der Waals surface area contributed by atoms with E-state index >= 15 is 0 Å². The quantitative estimate of drug-likeness (QED) is 0.841. The van der Waals surface area contributed by atoms with Crippen molar-refractivity contribution in [1.29, 1.82) is 0 Å². The summed E-state index contributed by atoms with van der Waals surface area (Å²) in [6.45, 7) is 0.498. The van der Waals surface area contributed by atoms with Crippen LogP contribution in [0.5, 0.6) is 17.2 Å². The largest absolute Gasteiger partial charge is 0.496 e. The molecule has 6 heteroatoms. The maximum absolute atomic E-state index is 11.2. The Kier molecular flexibility index (Phi) is 3.45. The van der Waals surface area contributed by atoms with E-state index < -0.39 is 0 Å². The predicted molar refractivity (Wildman–Crippen MR) is 65.4 cm³/mol. The van der Waals surface area contributed by atoms with Crippen molar-refractivity contribution in [1.82, 2.24) is 10.6 Å². The minimum absolute atomic E-state index is 0.173. The van der Waals surface area contributed by atoms with Crippen molar-refractivity contribution in [2.45, 2.75) is 6.04 Å². The standard InChI is InChI=1S/C12H16N2O4/c1-16-7-4-9(17-2)11(10(5-7)18-3)8-6-13-12(15)14-8/h4-5,8H,6H2,1-3H3,(H2,13,14,15)/t8-/m1/s1. The highest BCUT2D eigenvalue weighted by atomic mass is 16.5. The Hall–Kier alpha value is -2.11. The summed E-state index contributed by atoms with van der Waals surface area (Å²) in [7, 11) is 4.72. The molecular weight excluding hydrogens is 236 g/mol. The van der Waals surface area contributed by atoms with Gasteiger partial charge < -0.3 is 24.8 Å². The fraction of sp³-hybridized carbons (Fsp3) is 0.417. The van der Waals surface area contributed by atoms with E-state index in [9.17, 15) is 4.79 Å². The average molecular weight is 252 g/mol. The molecule has 0 radical (unpaired) electrons. The van der Waals surface area contributed by atoms with Crippen molar-refractivity contribution < 1.29 is 19.0 Å². The number of hydrogen-bond acceptors (Lipinski definition) is 4. The molecule has 0 aromatic heterocycles. The molecule has 0 spiro atoms. The monoisotopic (exact) mass is 252 g/mol. The smallest absolute Gasteiger partial charge is 0.315 e. The molecular formula is C12H16N2O4. The van der Waals surface area contributed by atoms with Crippen molar-refractivity contribution in [2.24, 2.45) is 0 Å². The third kappa shape index (κ3) is 2.13. The van der Waals surface area contributed by atoms with Crippen LogP contribution in [0.15, 0.2) is 12.1 Å². The van der Waals surface area contributed by atoms with E-state index in [0.717, 1.165) is 5.56 Å². The first-order valence-corrected chi connectivity index (χ1v) is 5.54. The van der Waals surface area contributed by atoms with Gasteiger partial charge in [-0.15, -0.1) is 0 Å². The summed E-state index contributed by atoms with van der Waals surface area (Å²) in [5.41, 5.74) is 0.805. The molecule has 1 saturated heterocycles. The molecule has 2 amide bonds. The van der Waals surface area contributed by atoms with Crippen LogP contribution in [0.1, 0.15) is 11.6 Å². The molecule has 1 fully saturated rings. The van der Waals surface area contributed by atoms with E-state index in [-0.39, 0.29) is 12.1 Å². The van der Waals surface area contributed by atoms with Crippen LogP contribution in [0.25, 0.3) is 0 Å². The molecule has 1 aliphatic rings. The van der Waals surface area contributed by atoms with Gasteiger partial charge in [0.1, 0.15) is 17.2 Å². The van der Waals surface area contributed by atoms with Crippen LogP contribution in [-0.4, -0.2) is 33.9 Å². The number of methoxy groups -OCH3 is 3. The predicted octanol–water partition coefficient (Wildman–Crippen LogP) is 1.07. The van der Waals surface area contributed by atoms with Crippen LogP contribution < -0.4 is 24.8 Å². The number of nitrogens with one attached hydrogen (secondary N) is 2. The average Bonchev–Trinajstić information content (AvgIpc) is 2.83. The van der Waals surface area contributed by atoms with Gasteiger partial charge >= 0.3 is 6.03 Å². The fourth-order valence-electron chi connectivity index (χ4n) is 2.01. The van der Waals surface area contributed by atoms with Crippen molar-refractivity contribution in [3.8, 4) is 17.2 Å². The Morgan fingerprint density at radius 3 is 2.11 bits per heavy atom. The first-order valence-electron chi connectivity index (χ1n) is 5.54. The number of hydrogen-bond donors (Lipinski definition) is 2. The van der Waals surface area contributed by atoms with Gasteiger partial charge in [0.25, 0.3) is 0 Å². The molecule has 18 heavy (non-hydrogen) atoms. The second-order valence-corrected chi connectivity index (χ2v) is 3.85.